The van der Waals surface area contributed by atoms with Gasteiger partial charge in [0, 0.05) is 36.1 Å². The fourth-order valence-corrected chi connectivity index (χ4v) is 5.89. The van der Waals surface area contributed by atoms with Crippen molar-refractivity contribution in [3.05, 3.63) is 98.0 Å². The molecule has 1 amide bonds. The smallest absolute Gasteiger partial charge is 0.290 e. The van der Waals surface area contributed by atoms with Gasteiger partial charge in [-0.05, 0) is 49.1 Å². The Labute approximate surface area is 226 Å². The second-order valence-corrected chi connectivity index (χ2v) is 10.3. The summed E-state index contributed by atoms with van der Waals surface area (Å²) in [5, 5.41) is 13.5. The van der Waals surface area contributed by atoms with Gasteiger partial charge in [0.2, 0.25) is 5.88 Å². The number of likely N-dealkylation sites (tertiary alicyclic amines) is 1. The maximum atomic E-state index is 14.4. The number of rotatable bonds is 6. The van der Waals surface area contributed by atoms with Gasteiger partial charge < -0.3 is 10.0 Å². The monoisotopic (exact) mass is 554 g/mol. The summed E-state index contributed by atoms with van der Waals surface area (Å²) in [6.07, 6.45) is 0.719. The largest absolute Gasteiger partial charge is 0.494 e. The van der Waals surface area contributed by atoms with Gasteiger partial charge in [-0.2, -0.15) is 4.98 Å². The van der Waals surface area contributed by atoms with Crippen LogP contribution in [0.4, 0.5) is 13.2 Å². The molecule has 1 N–H and O–H groups in total. The van der Waals surface area contributed by atoms with Crippen molar-refractivity contribution >= 4 is 17.2 Å². The number of thiazole rings is 1. The minimum Gasteiger partial charge on any atom is -0.494 e. The lowest BCUT2D eigenvalue weighted by atomic mass is 9.98. The van der Waals surface area contributed by atoms with Crippen molar-refractivity contribution in [3.8, 4) is 16.7 Å². The van der Waals surface area contributed by atoms with Gasteiger partial charge in [-0.3, -0.25) is 14.2 Å². The zero-order valence-corrected chi connectivity index (χ0v) is 22.0. The Morgan fingerprint density at radius 2 is 1.87 bits per heavy atom. The van der Waals surface area contributed by atoms with Crippen molar-refractivity contribution in [2.45, 2.75) is 38.6 Å². The van der Waals surface area contributed by atoms with Gasteiger partial charge in [-0.15, -0.1) is 11.3 Å². The van der Waals surface area contributed by atoms with Crippen molar-refractivity contribution in [1.29, 1.82) is 0 Å². The number of aryl methyl sites for hydroxylation is 1. The molecule has 39 heavy (non-hydrogen) atoms. The SMILES string of the molecule is CCC(c1cc(F)cc(F)c1)n1c(-c2nc(C)cs2)nc(=O)c(C(=O)N2CCC(c3ccccc3F)C2)c1O. The first-order valence-electron chi connectivity index (χ1n) is 12.5. The van der Waals surface area contributed by atoms with Gasteiger partial charge in [0.15, 0.2) is 16.4 Å². The summed E-state index contributed by atoms with van der Waals surface area (Å²) in [7, 11) is 0. The normalized spacial score (nSPS) is 16.0. The van der Waals surface area contributed by atoms with Crippen LogP contribution in [0.5, 0.6) is 5.88 Å². The van der Waals surface area contributed by atoms with Crippen molar-refractivity contribution in [3.63, 3.8) is 0 Å². The lowest BCUT2D eigenvalue weighted by Gasteiger charge is -2.25. The Morgan fingerprint density at radius 3 is 2.51 bits per heavy atom. The van der Waals surface area contributed by atoms with Crippen LogP contribution in [0.3, 0.4) is 0 Å². The molecule has 2 aromatic heterocycles. The Morgan fingerprint density at radius 1 is 1.15 bits per heavy atom. The van der Waals surface area contributed by atoms with E-state index in [1.54, 1.807) is 37.4 Å². The fraction of sp³-hybridized carbons (Fsp3) is 0.286. The molecule has 1 saturated heterocycles. The second kappa shape index (κ2) is 10.6. The number of aromatic nitrogens is 3. The molecule has 202 valence electrons. The molecule has 1 aliphatic rings. The van der Waals surface area contributed by atoms with Crippen molar-refractivity contribution in [2.24, 2.45) is 0 Å². The molecule has 0 radical (unpaired) electrons. The van der Waals surface area contributed by atoms with Gasteiger partial charge in [0.25, 0.3) is 11.5 Å². The van der Waals surface area contributed by atoms with Crippen LogP contribution in [-0.2, 0) is 0 Å². The van der Waals surface area contributed by atoms with Crippen LogP contribution in [-0.4, -0.2) is 43.5 Å². The molecule has 1 aliphatic heterocycles. The number of hydrogen-bond donors (Lipinski definition) is 1. The third-order valence-electron chi connectivity index (χ3n) is 6.91. The first kappa shape index (κ1) is 26.6. The molecule has 0 bridgehead atoms. The van der Waals surface area contributed by atoms with Crippen molar-refractivity contribution in [2.75, 3.05) is 13.1 Å². The van der Waals surface area contributed by atoms with E-state index in [2.05, 4.69) is 9.97 Å². The van der Waals surface area contributed by atoms with E-state index in [-0.39, 0.29) is 42.6 Å². The predicted molar refractivity (Wildman–Crippen MR) is 140 cm³/mol. The lowest BCUT2D eigenvalue weighted by Crippen LogP contribution is -2.35. The summed E-state index contributed by atoms with van der Waals surface area (Å²) in [6, 6.07) is 8.44. The maximum absolute atomic E-state index is 14.4. The molecule has 1 fully saturated rings. The highest BCUT2D eigenvalue weighted by Gasteiger charge is 2.35. The number of benzene rings is 2. The molecule has 4 aromatic rings. The molecule has 2 atom stereocenters. The molecule has 2 unspecified atom stereocenters. The van der Waals surface area contributed by atoms with E-state index < -0.39 is 40.6 Å². The summed E-state index contributed by atoms with van der Waals surface area (Å²) >= 11 is 1.18. The number of halogens is 3. The first-order chi connectivity index (χ1) is 18.7. The molecule has 5 rings (SSSR count). The molecule has 7 nitrogen and oxygen atoms in total. The van der Waals surface area contributed by atoms with Crippen molar-refractivity contribution in [1.82, 2.24) is 19.4 Å². The average molecular weight is 555 g/mol. The zero-order valence-electron chi connectivity index (χ0n) is 21.2. The van der Waals surface area contributed by atoms with Crippen LogP contribution in [0, 0.1) is 24.4 Å². The highest BCUT2D eigenvalue weighted by Crippen LogP contribution is 2.36. The minimum atomic E-state index is -0.953. The second-order valence-electron chi connectivity index (χ2n) is 9.49. The number of aromatic hydroxyl groups is 1. The topological polar surface area (TPSA) is 88.3 Å². The number of amides is 1. The standard InChI is InChI=1S/C28H25F3N4O3S/c1-3-22(17-10-18(29)12-19(30)11-17)35-24(26-32-15(2)14-39-26)33-25(36)23(28(35)38)27(37)34-9-8-16(13-34)20-6-4-5-7-21(20)31/h4-7,10-12,14,16,22,38H,3,8-9,13H2,1-2H3. The van der Waals surface area contributed by atoms with Crippen molar-refractivity contribution < 1.29 is 23.1 Å². The highest BCUT2D eigenvalue weighted by atomic mass is 32.1. The number of carbonyl (C=O) groups is 1. The zero-order chi connectivity index (χ0) is 27.8. The molecule has 11 heteroatoms. The van der Waals surface area contributed by atoms with E-state index in [9.17, 15) is 27.9 Å². The molecular formula is C28H25F3N4O3S. The molecule has 0 aliphatic carbocycles. The summed E-state index contributed by atoms with van der Waals surface area (Å²) in [6.45, 7) is 3.89. The molecule has 3 heterocycles. The van der Waals surface area contributed by atoms with E-state index in [4.69, 9.17) is 0 Å². The van der Waals surface area contributed by atoms with Gasteiger partial charge in [0.1, 0.15) is 17.5 Å². The quantitative estimate of drug-likeness (QED) is 0.344. The van der Waals surface area contributed by atoms with Gasteiger partial charge >= 0.3 is 0 Å². The minimum absolute atomic E-state index is 0.0191. The average Bonchev–Trinajstić information content (AvgIpc) is 3.55. The number of hydrogen-bond acceptors (Lipinski definition) is 6. The predicted octanol–water partition coefficient (Wildman–Crippen LogP) is 5.43. The van der Waals surface area contributed by atoms with Crippen LogP contribution in [0.25, 0.3) is 10.8 Å². The Kier molecular flexibility index (Phi) is 7.26. The molecule has 0 spiro atoms. The Hall–Kier alpha value is -3.99. The van der Waals surface area contributed by atoms with Crippen LogP contribution in [0.15, 0.2) is 52.6 Å². The van der Waals surface area contributed by atoms with Crippen LogP contribution in [0.2, 0.25) is 0 Å². The molecular weight excluding hydrogens is 529 g/mol. The van der Waals surface area contributed by atoms with E-state index >= 15 is 0 Å². The fourth-order valence-electron chi connectivity index (χ4n) is 5.11. The third-order valence-corrected chi connectivity index (χ3v) is 7.87. The van der Waals surface area contributed by atoms with Gasteiger partial charge in [0.05, 0.1) is 6.04 Å². The van der Waals surface area contributed by atoms with E-state index in [1.165, 1.54) is 26.9 Å². The van der Waals surface area contributed by atoms with Gasteiger partial charge in [-0.1, -0.05) is 25.1 Å². The molecule has 0 saturated carbocycles. The van der Waals surface area contributed by atoms with E-state index in [1.807, 2.05) is 0 Å². The number of nitrogens with zero attached hydrogens (tertiary/aromatic N) is 4. The van der Waals surface area contributed by atoms with E-state index in [0.717, 1.165) is 18.2 Å². The van der Waals surface area contributed by atoms with Gasteiger partial charge in [-0.25, -0.2) is 18.2 Å². The Bertz CT molecular complexity index is 1600. The van der Waals surface area contributed by atoms with Crippen LogP contribution < -0.4 is 5.56 Å². The third kappa shape index (κ3) is 5.06. The first-order valence-corrected chi connectivity index (χ1v) is 13.3. The maximum Gasteiger partial charge on any atom is 0.290 e. The highest BCUT2D eigenvalue weighted by molar-refractivity contribution is 7.13. The lowest BCUT2D eigenvalue weighted by molar-refractivity contribution is 0.0783. The van der Waals surface area contributed by atoms with Crippen LogP contribution >= 0.6 is 11.3 Å². The van der Waals surface area contributed by atoms with E-state index in [0.29, 0.717) is 22.7 Å². The van der Waals surface area contributed by atoms with Crippen LogP contribution in [0.1, 0.15) is 58.9 Å². The summed E-state index contributed by atoms with van der Waals surface area (Å²) in [5.74, 6) is -3.71. The summed E-state index contributed by atoms with van der Waals surface area (Å²) in [4.78, 5) is 36.7. The summed E-state index contributed by atoms with van der Waals surface area (Å²) < 4.78 is 44.0. The Balaban J connectivity index is 1.61. The number of carbonyl (C=O) groups excluding carboxylic acids is 1. The summed E-state index contributed by atoms with van der Waals surface area (Å²) in [5.41, 5.74) is -0.204. The molecule has 2 aromatic carbocycles.